The highest BCUT2D eigenvalue weighted by Crippen LogP contribution is 2.30. The minimum absolute atomic E-state index is 0.284. The van der Waals surface area contributed by atoms with Crippen molar-refractivity contribution < 1.29 is 17.8 Å². The van der Waals surface area contributed by atoms with Gasteiger partial charge in [-0.25, -0.2) is 8.42 Å². The fraction of sp³-hybridized carbons (Fsp3) is 0. The number of anilines is 1. The zero-order valence-corrected chi connectivity index (χ0v) is 20.1. The molecule has 3 rings (SSSR count). The second-order valence-electron chi connectivity index (χ2n) is 5.31. The first-order valence-corrected chi connectivity index (χ1v) is 11.8. The van der Waals surface area contributed by atoms with E-state index in [-0.39, 0.29) is 16.2 Å². The molecule has 134 valence electrons. The molecule has 0 saturated carbocycles. The molecule has 0 bridgehead atoms. The molecule has 0 radical (unpaired) electrons. The van der Waals surface area contributed by atoms with Crippen LogP contribution in [0.2, 0.25) is 0 Å². The predicted octanol–water partition coefficient (Wildman–Crippen LogP) is 4.81. The van der Waals surface area contributed by atoms with Gasteiger partial charge >= 0.3 is 0 Å². The summed E-state index contributed by atoms with van der Waals surface area (Å²) in [6.45, 7) is 0. The van der Waals surface area contributed by atoms with Gasteiger partial charge in [0.05, 0.1) is 10.5 Å². The van der Waals surface area contributed by atoms with Gasteiger partial charge in [0.2, 0.25) is 0 Å². The molecular weight excluding hydrogens is 695 g/mol. The molecule has 0 unspecified atom stereocenters. The van der Waals surface area contributed by atoms with E-state index < -0.39 is 10.1 Å². The fourth-order valence-corrected chi connectivity index (χ4v) is 5.61. The second-order valence-corrected chi connectivity index (χ2v) is 10.1. The van der Waals surface area contributed by atoms with Crippen LogP contribution in [0.5, 0.6) is 0 Å². The summed E-state index contributed by atoms with van der Waals surface area (Å²) in [6.07, 6.45) is 0. The Balaban J connectivity index is 2.09. The lowest BCUT2D eigenvalue weighted by Gasteiger charge is -2.14. The normalized spacial score (nSPS) is 11.5. The number of halogens is 3. The summed E-state index contributed by atoms with van der Waals surface area (Å²) in [5, 5.41) is 3.61. The number of nitrogens with one attached hydrogen (secondary N) is 1. The molecule has 0 heterocycles. The van der Waals surface area contributed by atoms with Crippen LogP contribution in [0.4, 0.5) is 5.69 Å². The lowest BCUT2D eigenvalue weighted by Crippen LogP contribution is -2.15. The SMILES string of the molecule is O=C(Nc1cccc2c(S(=O)(=O)[O-])cccc12)c1cc(I)cc(I)c1I. The van der Waals surface area contributed by atoms with Crippen molar-refractivity contribution in [2.24, 2.45) is 0 Å². The van der Waals surface area contributed by atoms with Gasteiger partial charge < -0.3 is 9.87 Å². The number of rotatable bonds is 3. The summed E-state index contributed by atoms with van der Waals surface area (Å²) in [6, 6.07) is 13.0. The molecule has 9 heteroatoms. The number of hydrogen-bond donors (Lipinski definition) is 1. The van der Waals surface area contributed by atoms with Crippen LogP contribution in [0.15, 0.2) is 53.4 Å². The molecule has 1 amide bonds. The summed E-state index contributed by atoms with van der Waals surface area (Å²) >= 11 is 6.44. The molecule has 3 aromatic rings. The molecule has 0 atom stereocenters. The monoisotopic (exact) mass is 704 g/mol. The zero-order chi connectivity index (χ0) is 19.1. The number of carbonyl (C=O) groups excluding carboxylic acids is 1. The Morgan fingerprint density at radius 2 is 1.62 bits per heavy atom. The van der Waals surface area contributed by atoms with Crippen LogP contribution in [0.3, 0.4) is 0 Å². The van der Waals surface area contributed by atoms with Crippen molar-refractivity contribution in [3.63, 3.8) is 0 Å². The van der Waals surface area contributed by atoms with E-state index in [9.17, 15) is 17.8 Å². The molecule has 0 fully saturated rings. The maximum absolute atomic E-state index is 12.8. The van der Waals surface area contributed by atoms with Crippen LogP contribution in [0.25, 0.3) is 10.8 Å². The average Bonchev–Trinajstić information content (AvgIpc) is 2.57. The quantitative estimate of drug-likeness (QED) is 0.241. The maximum Gasteiger partial charge on any atom is 0.256 e. The van der Waals surface area contributed by atoms with Crippen LogP contribution in [-0.4, -0.2) is 18.9 Å². The van der Waals surface area contributed by atoms with Crippen LogP contribution < -0.4 is 5.32 Å². The third kappa shape index (κ3) is 4.15. The van der Waals surface area contributed by atoms with Crippen LogP contribution in [-0.2, 0) is 10.1 Å². The lowest BCUT2D eigenvalue weighted by molar-refractivity contribution is 0.102. The van der Waals surface area contributed by atoms with E-state index in [4.69, 9.17) is 0 Å². The second kappa shape index (κ2) is 7.85. The van der Waals surface area contributed by atoms with Crippen LogP contribution >= 0.6 is 67.8 Å². The summed E-state index contributed by atoms with van der Waals surface area (Å²) in [4.78, 5) is 12.5. The van der Waals surface area contributed by atoms with Gasteiger partial charge in [-0.15, -0.1) is 0 Å². The first-order chi connectivity index (χ1) is 12.2. The zero-order valence-electron chi connectivity index (χ0n) is 12.8. The lowest BCUT2D eigenvalue weighted by atomic mass is 10.1. The summed E-state index contributed by atoms with van der Waals surface area (Å²) in [5.41, 5.74) is 0.981. The molecule has 1 N–H and O–H groups in total. The van der Waals surface area contributed by atoms with Crippen LogP contribution in [0, 0.1) is 10.7 Å². The molecular formula is C17H9I3NO4S-. The molecule has 0 aromatic heterocycles. The van der Waals surface area contributed by atoms with E-state index in [2.05, 4.69) is 73.1 Å². The molecule has 0 saturated heterocycles. The number of benzene rings is 3. The van der Waals surface area contributed by atoms with Gasteiger partial charge in [-0.3, -0.25) is 4.79 Å². The van der Waals surface area contributed by atoms with Crippen molar-refractivity contribution in [2.75, 3.05) is 5.32 Å². The van der Waals surface area contributed by atoms with Gasteiger partial charge in [0.15, 0.2) is 0 Å². The third-order valence-electron chi connectivity index (χ3n) is 3.64. The third-order valence-corrected chi connectivity index (χ3v) is 8.20. The first-order valence-electron chi connectivity index (χ1n) is 7.12. The molecule has 26 heavy (non-hydrogen) atoms. The van der Waals surface area contributed by atoms with Gasteiger partial charge in [-0.1, -0.05) is 24.3 Å². The van der Waals surface area contributed by atoms with Gasteiger partial charge in [0, 0.05) is 27.2 Å². The Kier molecular flexibility index (Phi) is 6.11. The minimum Gasteiger partial charge on any atom is -0.744 e. The van der Waals surface area contributed by atoms with Crippen molar-refractivity contribution in [3.05, 3.63) is 64.8 Å². The Labute approximate surface area is 191 Å². The number of fused-ring (bicyclic) bond motifs is 1. The molecule has 0 aliphatic heterocycles. The maximum atomic E-state index is 12.8. The molecule has 3 aromatic carbocycles. The summed E-state index contributed by atoms with van der Waals surface area (Å²) in [7, 11) is -4.61. The first kappa shape index (κ1) is 20.2. The highest BCUT2D eigenvalue weighted by molar-refractivity contribution is 14.1. The Morgan fingerprint density at radius 1 is 0.962 bits per heavy atom. The Morgan fingerprint density at radius 3 is 2.31 bits per heavy atom. The van der Waals surface area contributed by atoms with Gasteiger partial charge in [-0.05, 0) is 92.0 Å². The topological polar surface area (TPSA) is 86.3 Å². The van der Waals surface area contributed by atoms with Gasteiger partial charge in [0.25, 0.3) is 5.91 Å². The Hall–Kier alpha value is -0.510. The van der Waals surface area contributed by atoms with Gasteiger partial charge in [0.1, 0.15) is 10.1 Å². The minimum atomic E-state index is -4.61. The number of hydrogen-bond acceptors (Lipinski definition) is 4. The van der Waals surface area contributed by atoms with Crippen LogP contribution in [0.1, 0.15) is 10.4 Å². The molecule has 5 nitrogen and oxygen atoms in total. The number of carbonyl (C=O) groups is 1. The fourth-order valence-electron chi connectivity index (χ4n) is 2.52. The van der Waals surface area contributed by atoms with Crippen molar-refractivity contribution in [1.82, 2.24) is 0 Å². The summed E-state index contributed by atoms with van der Waals surface area (Å²) in [5.74, 6) is -0.297. The molecule has 0 spiro atoms. The van der Waals surface area contributed by atoms with Crippen molar-refractivity contribution in [1.29, 1.82) is 0 Å². The molecule has 0 aliphatic carbocycles. The van der Waals surface area contributed by atoms with Crippen molar-refractivity contribution >= 4 is 100 Å². The molecule has 0 aliphatic rings. The van der Waals surface area contributed by atoms with E-state index in [0.29, 0.717) is 16.6 Å². The Bertz CT molecular complexity index is 1150. The van der Waals surface area contributed by atoms with E-state index in [1.807, 2.05) is 6.07 Å². The highest BCUT2D eigenvalue weighted by Gasteiger charge is 2.16. The predicted molar refractivity (Wildman–Crippen MR) is 124 cm³/mol. The standard InChI is InChI=1S/C17H10I3NO4S/c18-9-7-12(16(20)13(19)8-9)17(22)21-14-5-1-4-11-10(14)3-2-6-15(11)26(23,24)25/h1-8H,(H,21,22)(H,23,24,25)/p-1. The van der Waals surface area contributed by atoms with Crippen molar-refractivity contribution in [3.8, 4) is 0 Å². The average molecular weight is 704 g/mol. The highest BCUT2D eigenvalue weighted by atomic mass is 127. The summed E-state index contributed by atoms with van der Waals surface area (Å²) < 4.78 is 37.2. The van der Waals surface area contributed by atoms with Crippen molar-refractivity contribution in [2.45, 2.75) is 4.90 Å². The largest absolute Gasteiger partial charge is 0.744 e. The van der Waals surface area contributed by atoms with E-state index >= 15 is 0 Å². The van der Waals surface area contributed by atoms with E-state index in [1.165, 1.54) is 12.1 Å². The van der Waals surface area contributed by atoms with E-state index in [1.54, 1.807) is 30.3 Å². The smallest absolute Gasteiger partial charge is 0.256 e. The van der Waals surface area contributed by atoms with E-state index in [0.717, 1.165) is 10.7 Å². The van der Waals surface area contributed by atoms with Gasteiger partial charge in [-0.2, -0.15) is 0 Å². The number of amides is 1.